The van der Waals surface area contributed by atoms with E-state index < -0.39 is 0 Å². The number of carbonyl (C=O) groups is 1. The van der Waals surface area contributed by atoms with Crippen LogP contribution in [-0.4, -0.2) is 53.4 Å². The number of aromatic nitrogens is 2. The molecule has 3 aromatic carbocycles. The maximum atomic E-state index is 13.3. The molecule has 0 fully saturated rings. The van der Waals surface area contributed by atoms with Crippen LogP contribution in [0.25, 0.3) is 16.9 Å². The molecule has 0 saturated heterocycles. The molecule has 0 saturated carbocycles. The minimum Gasteiger partial charge on any atom is -0.497 e. The number of thiocarbonyl (C=S) groups is 1. The number of amides is 1. The van der Waals surface area contributed by atoms with Crippen LogP contribution in [0.1, 0.15) is 22.0 Å². The highest BCUT2D eigenvalue weighted by atomic mass is 32.1. The molecule has 2 N–H and O–H groups in total. The number of nitrogens with one attached hydrogen (secondary N) is 2. The smallest absolute Gasteiger partial charge is 0.261 e. The molecule has 184 valence electrons. The van der Waals surface area contributed by atoms with Gasteiger partial charge in [0.15, 0.2) is 5.11 Å². The van der Waals surface area contributed by atoms with Gasteiger partial charge in [-0.3, -0.25) is 10.1 Å². The topological polar surface area (TPSA) is 71.4 Å². The number of ether oxygens (including phenoxy) is 1. The summed E-state index contributed by atoms with van der Waals surface area (Å²) in [6.07, 6.45) is 1.72. The molecule has 7 nitrogen and oxygen atoms in total. The number of hydrogen-bond donors (Lipinski definition) is 2. The Morgan fingerprint density at radius 3 is 2.25 bits per heavy atom. The highest BCUT2D eigenvalue weighted by molar-refractivity contribution is 7.80. The van der Waals surface area contributed by atoms with E-state index in [1.807, 2.05) is 86.9 Å². The van der Waals surface area contributed by atoms with Gasteiger partial charge in [-0.1, -0.05) is 48.5 Å². The van der Waals surface area contributed by atoms with Gasteiger partial charge in [-0.2, -0.15) is 5.10 Å². The van der Waals surface area contributed by atoms with Crippen molar-refractivity contribution in [2.75, 3.05) is 27.7 Å². The molecule has 36 heavy (non-hydrogen) atoms. The number of rotatable bonds is 8. The lowest BCUT2D eigenvalue weighted by Gasteiger charge is -2.25. The molecule has 0 aliphatic carbocycles. The normalized spacial score (nSPS) is 11.7. The Kier molecular flexibility index (Phi) is 8.10. The highest BCUT2D eigenvalue weighted by Crippen LogP contribution is 2.26. The first-order valence-electron chi connectivity index (χ1n) is 11.6. The summed E-state index contributed by atoms with van der Waals surface area (Å²) in [6, 6.07) is 27.4. The second-order valence-electron chi connectivity index (χ2n) is 8.45. The zero-order valence-corrected chi connectivity index (χ0v) is 21.3. The Morgan fingerprint density at radius 2 is 1.64 bits per heavy atom. The summed E-state index contributed by atoms with van der Waals surface area (Å²) in [5, 5.41) is 11.0. The third-order valence-electron chi connectivity index (χ3n) is 5.83. The Balaban J connectivity index is 1.54. The van der Waals surface area contributed by atoms with Crippen LogP contribution >= 0.6 is 12.2 Å². The van der Waals surface area contributed by atoms with Crippen molar-refractivity contribution in [3.63, 3.8) is 0 Å². The average molecular weight is 500 g/mol. The van der Waals surface area contributed by atoms with E-state index in [4.69, 9.17) is 22.1 Å². The van der Waals surface area contributed by atoms with Crippen LogP contribution in [0.3, 0.4) is 0 Å². The summed E-state index contributed by atoms with van der Waals surface area (Å²) < 4.78 is 6.97. The van der Waals surface area contributed by atoms with E-state index in [9.17, 15) is 4.79 Å². The SMILES string of the molecule is COc1ccc(-c2nn(-c3ccccc3)cc2C(=O)NC(=S)NC[C@H](c2ccccc2)N(C)C)cc1. The number of nitrogens with zero attached hydrogens (tertiary/aromatic N) is 3. The van der Waals surface area contributed by atoms with Gasteiger partial charge >= 0.3 is 0 Å². The molecule has 4 aromatic rings. The van der Waals surface area contributed by atoms with Gasteiger partial charge < -0.3 is 15.0 Å². The summed E-state index contributed by atoms with van der Waals surface area (Å²) >= 11 is 5.47. The minimum absolute atomic E-state index is 0.0942. The molecule has 4 rings (SSSR count). The lowest BCUT2D eigenvalue weighted by Crippen LogP contribution is -2.42. The Morgan fingerprint density at radius 1 is 1.00 bits per heavy atom. The molecule has 0 radical (unpaired) electrons. The van der Waals surface area contributed by atoms with Gasteiger partial charge in [0, 0.05) is 18.3 Å². The summed E-state index contributed by atoms with van der Waals surface area (Å²) in [5.74, 6) is 0.396. The van der Waals surface area contributed by atoms with Crippen molar-refractivity contribution < 1.29 is 9.53 Å². The zero-order chi connectivity index (χ0) is 25.5. The first-order chi connectivity index (χ1) is 17.5. The third-order valence-corrected chi connectivity index (χ3v) is 6.08. The van der Waals surface area contributed by atoms with E-state index in [0.29, 0.717) is 17.8 Å². The van der Waals surface area contributed by atoms with Crippen LogP contribution in [0.5, 0.6) is 5.75 Å². The van der Waals surface area contributed by atoms with Crippen molar-refractivity contribution >= 4 is 23.2 Å². The molecule has 0 aliphatic rings. The van der Waals surface area contributed by atoms with Crippen molar-refractivity contribution in [3.05, 3.63) is 102 Å². The van der Waals surface area contributed by atoms with Gasteiger partial charge in [0.05, 0.1) is 24.4 Å². The number of carbonyl (C=O) groups excluding carboxylic acids is 1. The molecule has 1 heterocycles. The summed E-state index contributed by atoms with van der Waals surface area (Å²) in [4.78, 5) is 15.4. The molecule has 1 atom stereocenters. The van der Waals surface area contributed by atoms with Gasteiger partial charge in [-0.15, -0.1) is 0 Å². The lowest BCUT2D eigenvalue weighted by atomic mass is 10.1. The van der Waals surface area contributed by atoms with Crippen molar-refractivity contribution in [2.45, 2.75) is 6.04 Å². The average Bonchev–Trinajstić information content (AvgIpc) is 3.36. The number of benzene rings is 3. The quantitative estimate of drug-likeness (QED) is 0.349. The number of methoxy groups -OCH3 is 1. The fourth-order valence-electron chi connectivity index (χ4n) is 3.89. The monoisotopic (exact) mass is 499 g/mol. The van der Waals surface area contributed by atoms with Gasteiger partial charge in [0.25, 0.3) is 5.91 Å². The first kappa shape index (κ1) is 25.1. The van der Waals surface area contributed by atoms with E-state index in [1.54, 1.807) is 18.0 Å². The molecule has 0 bridgehead atoms. The molecule has 0 aliphatic heterocycles. The van der Waals surface area contributed by atoms with Gasteiger partial charge in [-0.25, -0.2) is 4.68 Å². The fourth-order valence-corrected chi connectivity index (χ4v) is 4.07. The van der Waals surface area contributed by atoms with E-state index in [0.717, 1.165) is 22.6 Å². The second-order valence-corrected chi connectivity index (χ2v) is 8.86. The minimum atomic E-state index is -0.332. The van der Waals surface area contributed by atoms with Crippen LogP contribution in [0.15, 0.2) is 91.1 Å². The number of likely N-dealkylation sites (N-methyl/N-ethyl adjacent to an activating group) is 1. The third kappa shape index (κ3) is 5.97. The van der Waals surface area contributed by atoms with Crippen LogP contribution in [0.4, 0.5) is 0 Å². The molecule has 8 heteroatoms. The van der Waals surface area contributed by atoms with Gasteiger partial charge in [-0.05, 0) is 68.3 Å². The van der Waals surface area contributed by atoms with E-state index in [-0.39, 0.29) is 17.1 Å². The zero-order valence-electron chi connectivity index (χ0n) is 20.5. The Labute approximate surface area is 216 Å². The molecule has 1 aromatic heterocycles. The highest BCUT2D eigenvalue weighted by Gasteiger charge is 2.20. The van der Waals surface area contributed by atoms with Crippen LogP contribution in [-0.2, 0) is 0 Å². The summed E-state index contributed by atoms with van der Waals surface area (Å²) in [5.41, 5.74) is 3.78. The number of hydrogen-bond acceptors (Lipinski definition) is 5. The van der Waals surface area contributed by atoms with Crippen molar-refractivity contribution in [2.24, 2.45) is 0 Å². The van der Waals surface area contributed by atoms with Crippen LogP contribution in [0.2, 0.25) is 0 Å². The molecular formula is C28H29N5O2S. The van der Waals surface area contributed by atoms with Crippen LogP contribution in [0, 0.1) is 0 Å². The largest absolute Gasteiger partial charge is 0.497 e. The van der Waals surface area contributed by atoms with Gasteiger partial charge in [0.1, 0.15) is 11.4 Å². The van der Waals surface area contributed by atoms with E-state index in [1.165, 1.54) is 0 Å². The molecular weight excluding hydrogens is 470 g/mol. The maximum Gasteiger partial charge on any atom is 0.261 e. The lowest BCUT2D eigenvalue weighted by molar-refractivity contribution is 0.0977. The Bertz CT molecular complexity index is 1310. The van der Waals surface area contributed by atoms with Gasteiger partial charge in [0.2, 0.25) is 0 Å². The molecule has 0 unspecified atom stereocenters. The molecule has 1 amide bonds. The van der Waals surface area contributed by atoms with Crippen molar-refractivity contribution in [1.82, 2.24) is 25.3 Å². The Hall–Kier alpha value is -4.01. The second kappa shape index (κ2) is 11.6. The fraction of sp³-hybridized carbons (Fsp3) is 0.179. The van der Waals surface area contributed by atoms with E-state index in [2.05, 4.69) is 27.7 Å². The number of para-hydroxylation sites is 1. The standard InChI is InChI=1S/C28H29N5O2S/c1-32(2)25(20-10-6-4-7-11-20)18-29-28(36)30-27(34)24-19-33(22-12-8-5-9-13-22)31-26(24)21-14-16-23(35-3)17-15-21/h4-17,19,25H,18H2,1-3H3,(H2,29,30,34,36)/t25-/m1/s1. The predicted molar refractivity (Wildman–Crippen MR) is 146 cm³/mol. The maximum absolute atomic E-state index is 13.3. The van der Waals surface area contributed by atoms with Crippen molar-refractivity contribution in [1.29, 1.82) is 0 Å². The molecule has 0 spiro atoms. The van der Waals surface area contributed by atoms with Crippen LogP contribution < -0.4 is 15.4 Å². The first-order valence-corrected chi connectivity index (χ1v) is 12.0. The summed E-state index contributed by atoms with van der Waals surface area (Å²) in [6.45, 7) is 0.546. The summed E-state index contributed by atoms with van der Waals surface area (Å²) in [7, 11) is 5.64. The predicted octanol–water partition coefficient (Wildman–Crippen LogP) is 4.46. The van der Waals surface area contributed by atoms with E-state index >= 15 is 0 Å². The van der Waals surface area contributed by atoms with Crippen molar-refractivity contribution in [3.8, 4) is 22.7 Å².